The molecule has 5 rings (SSSR count). The molecule has 4 aromatic rings. The van der Waals surface area contributed by atoms with Crippen LogP contribution in [0.2, 0.25) is 5.02 Å². The van der Waals surface area contributed by atoms with Crippen molar-refractivity contribution in [3.63, 3.8) is 0 Å². The summed E-state index contributed by atoms with van der Waals surface area (Å²) in [6, 6.07) is 17.3. The number of halogens is 1. The Hall–Kier alpha value is -3.14. The maximum Gasteiger partial charge on any atom is 0.341 e. The Labute approximate surface area is 228 Å². The molecule has 1 aliphatic carbocycles. The maximum absolute atomic E-state index is 12.9. The van der Waals surface area contributed by atoms with Crippen molar-refractivity contribution in [2.24, 2.45) is 0 Å². The number of methoxy groups -OCH3 is 1. The molecule has 2 aromatic heterocycles. The Morgan fingerprint density at radius 3 is 2.62 bits per heavy atom. The number of fused-ring (bicyclic) bond motifs is 1. The number of aryl methyl sites for hydroxylation is 1. The van der Waals surface area contributed by atoms with Crippen LogP contribution in [-0.2, 0) is 22.4 Å². The van der Waals surface area contributed by atoms with E-state index in [1.807, 2.05) is 59.2 Å². The first kappa shape index (κ1) is 25.5. The summed E-state index contributed by atoms with van der Waals surface area (Å²) in [6.07, 6.45) is 4.15. The molecule has 0 saturated heterocycles. The van der Waals surface area contributed by atoms with Crippen LogP contribution in [-0.4, -0.2) is 39.5 Å². The number of hydrogen-bond acceptors (Lipinski definition) is 7. The molecule has 37 heavy (non-hydrogen) atoms. The normalized spacial score (nSPS) is 12.7. The summed E-state index contributed by atoms with van der Waals surface area (Å²) >= 11 is 9.39. The number of esters is 1. The topological polar surface area (TPSA) is 86.1 Å². The number of nitrogens with one attached hydrogen (secondary N) is 1. The van der Waals surface area contributed by atoms with Crippen molar-refractivity contribution in [1.82, 2.24) is 14.8 Å². The molecule has 7 nitrogen and oxygen atoms in total. The molecule has 0 radical (unpaired) electrons. The van der Waals surface area contributed by atoms with Crippen LogP contribution in [0.4, 0.5) is 5.00 Å². The highest BCUT2D eigenvalue weighted by Gasteiger charge is 2.27. The third-order valence-corrected chi connectivity index (χ3v) is 8.60. The number of ether oxygens (including phenoxy) is 1. The summed E-state index contributed by atoms with van der Waals surface area (Å²) in [6.45, 7) is 0. The van der Waals surface area contributed by atoms with Crippen molar-refractivity contribution in [2.45, 2.75) is 37.3 Å². The van der Waals surface area contributed by atoms with E-state index in [2.05, 4.69) is 15.5 Å². The molecule has 0 aliphatic heterocycles. The molecule has 0 spiro atoms. The Bertz CT molecular complexity index is 1430. The van der Waals surface area contributed by atoms with E-state index in [4.69, 9.17) is 16.3 Å². The fourth-order valence-corrected chi connectivity index (χ4v) is 6.79. The van der Waals surface area contributed by atoms with Crippen molar-refractivity contribution in [1.29, 1.82) is 0 Å². The van der Waals surface area contributed by atoms with Gasteiger partial charge in [-0.15, -0.1) is 21.5 Å². The number of amides is 1. The van der Waals surface area contributed by atoms with Gasteiger partial charge in [0.1, 0.15) is 5.00 Å². The fraction of sp³-hybridized carbons (Fsp3) is 0.259. The Morgan fingerprint density at radius 1 is 1.08 bits per heavy atom. The van der Waals surface area contributed by atoms with Crippen molar-refractivity contribution < 1.29 is 14.3 Å². The lowest BCUT2D eigenvalue weighted by molar-refractivity contribution is -0.115. The third-order valence-electron chi connectivity index (χ3n) is 6.14. The number of carbonyl (C=O) groups is 2. The highest BCUT2D eigenvalue weighted by atomic mass is 35.5. The van der Waals surface area contributed by atoms with Gasteiger partial charge in [-0.2, -0.15) is 0 Å². The van der Waals surface area contributed by atoms with Gasteiger partial charge in [0.05, 0.1) is 17.7 Å². The summed E-state index contributed by atoms with van der Waals surface area (Å²) in [4.78, 5) is 26.5. The number of rotatable bonds is 8. The number of hydrogen-bond donors (Lipinski definition) is 1. The molecule has 0 bridgehead atoms. The van der Waals surface area contributed by atoms with Crippen LogP contribution in [0.15, 0.2) is 59.8 Å². The molecule has 2 aromatic carbocycles. The smallest absolute Gasteiger partial charge is 0.341 e. The predicted octanol–water partition coefficient (Wildman–Crippen LogP) is 6.44. The van der Waals surface area contributed by atoms with E-state index in [0.717, 1.165) is 42.5 Å². The lowest BCUT2D eigenvalue weighted by Gasteiger charge is -2.12. The molecule has 1 N–H and O–H groups in total. The highest BCUT2D eigenvalue weighted by molar-refractivity contribution is 7.99. The first-order valence-electron chi connectivity index (χ1n) is 12.0. The SMILES string of the molecule is COC(=O)c1c(NC(=O)CCSc2nnc(-c3ccccc3Cl)n2-c2ccccc2)sc2c1CCCC2. The van der Waals surface area contributed by atoms with Crippen molar-refractivity contribution in [3.8, 4) is 17.1 Å². The van der Waals surface area contributed by atoms with Crippen LogP contribution in [0.5, 0.6) is 0 Å². The van der Waals surface area contributed by atoms with Crippen LogP contribution < -0.4 is 5.32 Å². The Balaban J connectivity index is 1.32. The van der Waals surface area contributed by atoms with Gasteiger partial charge >= 0.3 is 5.97 Å². The first-order chi connectivity index (χ1) is 18.1. The van der Waals surface area contributed by atoms with E-state index in [1.165, 1.54) is 35.1 Å². The molecule has 190 valence electrons. The van der Waals surface area contributed by atoms with Crippen molar-refractivity contribution in [2.75, 3.05) is 18.2 Å². The zero-order chi connectivity index (χ0) is 25.8. The van der Waals surface area contributed by atoms with Crippen molar-refractivity contribution in [3.05, 3.63) is 75.6 Å². The first-order valence-corrected chi connectivity index (χ1v) is 14.2. The molecule has 1 amide bonds. The van der Waals surface area contributed by atoms with Crippen LogP contribution in [0.25, 0.3) is 17.1 Å². The monoisotopic (exact) mass is 552 g/mol. The number of thiophene rings is 1. The van der Waals surface area contributed by atoms with Gasteiger partial charge in [-0.05, 0) is 55.5 Å². The van der Waals surface area contributed by atoms with Crippen LogP contribution >= 0.6 is 34.7 Å². The summed E-state index contributed by atoms with van der Waals surface area (Å²) in [5.74, 6) is 0.564. The van der Waals surface area contributed by atoms with E-state index in [-0.39, 0.29) is 12.3 Å². The number of benzene rings is 2. The van der Waals surface area contributed by atoms with Gasteiger partial charge in [0.15, 0.2) is 11.0 Å². The summed E-state index contributed by atoms with van der Waals surface area (Å²) in [5.41, 5.74) is 3.22. The van der Waals surface area contributed by atoms with Crippen LogP contribution in [0.1, 0.15) is 40.1 Å². The fourth-order valence-electron chi connectivity index (χ4n) is 4.39. The number of carbonyl (C=O) groups excluding carboxylic acids is 2. The number of para-hydroxylation sites is 1. The molecule has 1 aliphatic rings. The molecule has 0 unspecified atom stereocenters. The van der Waals surface area contributed by atoms with Gasteiger partial charge in [0, 0.05) is 28.3 Å². The van der Waals surface area contributed by atoms with Gasteiger partial charge in [-0.3, -0.25) is 9.36 Å². The zero-order valence-corrected chi connectivity index (χ0v) is 22.6. The molecule has 0 saturated carbocycles. The highest BCUT2D eigenvalue weighted by Crippen LogP contribution is 2.39. The minimum Gasteiger partial charge on any atom is -0.465 e. The van der Waals surface area contributed by atoms with Gasteiger partial charge in [0.25, 0.3) is 0 Å². The summed E-state index contributed by atoms with van der Waals surface area (Å²) in [7, 11) is 1.37. The molecule has 10 heteroatoms. The Morgan fingerprint density at radius 2 is 1.84 bits per heavy atom. The predicted molar refractivity (Wildman–Crippen MR) is 148 cm³/mol. The number of anilines is 1. The van der Waals surface area contributed by atoms with Crippen LogP contribution in [0.3, 0.4) is 0 Å². The van der Waals surface area contributed by atoms with Gasteiger partial charge in [-0.1, -0.05) is 53.7 Å². The van der Waals surface area contributed by atoms with E-state index in [9.17, 15) is 9.59 Å². The van der Waals surface area contributed by atoms with Gasteiger partial charge in [0.2, 0.25) is 5.91 Å². The second kappa shape index (κ2) is 11.5. The van der Waals surface area contributed by atoms with Gasteiger partial charge in [-0.25, -0.2) is 4.79 Å². The second-order valence-corrected chi connectivity index (χ2v) is 11.1. The minimum atomic E-state index is -0.396. The average Bonchev–Trinajstić information content (AvgIpc) is 3.50. The average molecular weight is 553 g/mol. The molecule has 0 fully saturated rings. The van der Waals surface area contributed by atoms with Gasteiger partial charge < -0.3 is 10.1 Å². The number of thioether (sulfide) groups is 1. The third kappa shape index (κ3) is 5.44. The largest absolute Gasteiger partial charge is 0.465 e. The standard InChI is InChI=1S/C27H25ClN4O3S2/c1-35-26(34)23-19-12-6-8-14-21(19)37-25(23)29-22(33)15-16-36-27-31-30-24(18-11-5-7-13-20(18)28)32(27)17-9-3-2-4-10-17/h2-5,7,9-11,13H,6,8,12,14-16H2,1H3,(H,29,33). The lowest BCUT2D eigenvalue weighted by Crippen LogP contribution is -2.15. The number of aromatic nitrogens is 3. The Kier molecular flexibility index (Phi) is 7.93. The summed E-state index contributed by atoms with van der Waals surface area (Å²) in [5, 5.41) is 13.6. The van der Waals surface area contributed by atoms with E-state index in [0.29, 0.717) is 32.3 Å². The molecule has 0 atom stereocenters. The number of nitrogens with zero attached hydrogens (tertiary/aromatic N) is 3. The van der Waals surface area contributed by atoms with E-state index >= 15 is 0 Å². The quantitative estimate of drug-likeness (QED) is 0.200. The van der Waals surface area contributed by atoms with Crippen molar-refractivity contribution >= 4 is 51.6 Å². The zero-order valence-electron chi connectivity index (χ0n) is 20.2. The minimum absolute atomic E-state index is 0.159. The maximum atomic E-state index is 12.9. The molecular weight excluding hydrogens is 528 g/mol. The van der Waals surface area contributed by atoms with E-state index in [1.54, 1.807) is 0 Å². The summed E-state index contributed by atoms with van der Waals surface area (Å²) < 4.78 is 6.96. The molecular formula is C27H25ClN4O3S2. The second-order valence-electron chi connectivity index (χ2n) is 8.51. The molecule has 2 heterocycles. The lowest BCUT2D eigenvalue weighted by atomic mass is 9.95. The van der Waals surface area contributed by atoms with Crippen LogP contribution in [0, 0.1) is 0 Å². The van der Waals surface area contributed by atoms with E-state index < -0.39 is 5.97 Å².